The summed E-state index contributed by atoms with van der Waals surface area (Å²) in [4.78, 5) is 0. The van der Waals surface area contributed by atoms with Crippen molar-refractivity contribution in [2.45, 2.75) is 12.8 Å². The lowest BCUT2D eigenvalue weighted by Gasteiger charge is -2.11. The first-order valence-electron chi connectivity index (χ1n) is 8.71. The Morgan fingerprint density at radius 3 is 2.77 bits per heavy atom. The molecule has 0 bridgehead atoms. The molecule has 4 nitrogen and oxygen atoms in total. The van der Waals surface area contributed by atoms with Crippen LogP contribution in [0.15, 0.2) is 60.7 Å². The highest BCUT2D eigenvalue weighted by molar-refractivity contribution is 7.80. The van der Waals surface area contributed by atoms with Gasteiger partial charge in [0, 0.05) is 18.3 Å². The summed E-state index contributed by atoms with van der Waals surface area (Å²) in [6, 6.07) is 20.7. The van der Waals surface area contributed by atoms with E-state index in [4.69, 9.17) is 21.7 Å². The molecular formula is C21H20N2O2S. The maximum absolute atomic E-state index is 5.38. The lowest BCUT2D eigenvalue weighted by atomic mass is 10.0. The van der Waals surface area contributed by atoms with Gasteiger partial charge in [0.2, 0.25) is 6.79 Å². The van der Waals surface area contributed by atoms with Gasteiger partial charge in [0.25, 0.3) is 0 Å². The van der Waals surface area contributed by atoms with Crippen molar-refractivity contribution in [3.05, 3.63) is 66.2 Å². The maximum atomic E-state index is 5.38. The van der Waals surface area contributed by atoms with E-state index in [0.29, 0.717) is 5.11 Å². The molecule has 26 heavy (non-hydrogen) atoms. The van der Waals surface area contributed by atoms with E-state index in [9.17, 15) is 0 Å². The van der Waals surface area contributed by atoms with Gasteiger partial charge in [0.05, 0.1) is 0 Å². The third kappa shape index (κ3) is 3.73. The number of rotatable bonds is 5. The number of benzene rings is 3. The summed E-state index contributed by atoms with van der Waals surface area (Å²) in [6.45, 7) is 1.09. The van der Waals surface area contributed by atoms with E-state index >= 15 is 0 Å². The number of anilines is 1. The van der Waals surface area contributed by atoms with Crippen molar-refractivity contribution in [3.8, 4) is 11.5 Å². The molecule has 1 aliphatic heterocycles. The molecule has 0 atom stereocenters. The number of hydrogen-bond donors (Lipinski definition) is 2. The lowest BCUT2D eigenvalue weighted by molar-refractivity contribution is 0.174. The molecule has 0 radical (unpaired) electrons. The Kier molecular flexibility index (Phi) is 4.88. The van der Waals surface area contributed by atoms with E-state index in [1.54, 1.807) is 0 Å². The zero-order valence-corrected chi connectivity index (χ0v) is 15.1. The van der Waals surface area contributed by atoms with Crippen LogP contribution < -0.4 is 20.1 Å². The van der Waals surface area contributed by atoms with E-state index in [1.165, 1.54) is 16.3 Å². The van der Waals surface area contributed by atoms with Crippen molar-refractivity contribution in [1.29, 1.82) is 0 Å². The predicted octanol–water partition coefficient (Wildman–Crippen LogP) is 4.49. The molecule has 3 aromatic rings. The summed E-state index contributed by atoms with van der Waals surface area (Å²) in [7, 11) is 0. The fourth-order valence-corrected chi connectivity index (χ4v) is 3.36. The Labute approximate surface area is 158 Å². The molecule has 1 aliphatic rings. The van der Waals surface area contributed by atoms with Gasteiger partial charge < -0.3 is 20.1 Å². The highest BCUT2D eigenvalue weighted by Crippen LogP contribution is 2.34. The van der Waals surface area contributed by atoms with Gasteiger partial charge in [-0.15, -0.1) is 0 Å². The molecule has 1 heterocycles. The van der Waals surface area contributed by atoms with Crippen LogP contribution in [0, 0.1) is 0 Å². The average molecular weight is 364 g/mol. The van der Waals surface area contributed by atoms with Crippen molar-refractivity contribution < 1.29 is 9.47 Å². The third-order valence-corrected chi connectivity index (χ3v) is 4.67. The van der Waals surface area contributed by atoms with Crippen LogP contribution in [-0.2, 0) is 6.42 Å². The van der Waals surface area contributed by atoms with Crippen molar-refractivity contribution >= 4 is 33.8 Å². The number of aryl methyl sites for hydroxylation is 1. The second-order valence-corrected chi connectivity index (χ2v) is 6.60. The molecule has 0 saturated heterocycles. The Balaban J connectivity index is 1.27. The molecular weight excluding hydrogens is 344 g/mol. The van der Waals surface area contributed by atoms with Gasteiger partial charge in [-0.25, -0.2) is 0 Å². The fourth-order valence-electron chi connectivity index (χ4n) is 3.14. The van der Waals surface area contributed by atoms with Crippen molar-refractivity contribution in [1.82, 2.24) is 5.32 Å². The minimum Gasteiger partial charge on any atom is -0.454 e. The number of fused-ring (bicyclic) bond motifs is 2. The summed E-state index contributed by atoms with van der Waals surface area (Å²) < 4.78 is 10.7. The van der Waals surface area contributed by atoms with E-state index in [-0.39, 0.29) is 6.79 Å². The first kappa shape index (κ1) is 16.7. The van der Waals surface area contributed by atoms with Gasteiger partial charge in [0.1, 0.15) is 0 Å². The molecule has 5 heteroatoms. The first-order chi connectivity index (χ1) is 12.8. The summed E-state index contributed by atoms with van der Waals surface area (Å²) in [5.74, 6) is 1.51. The quantitative estimate of drug-likeness (QED) is 0.516. The number of thiocarbonyl (C=S) groups is 1. The lowest BCUT2D eigenvalue weighted by Crippen LogP contribution is -2.29. The van der Waals surface area contributed by atoms with E-state index in [2.05, 4.69) is 53.1 Å². The topological polar surface area (TPSA) is 42.5 Å². The molecule has 0 saturated carbocycles. The number of nitrogens with one attached hydrogen (secondary N) is 2. The van der Waals surface area contributed by atoms with Crippen LogP contribution in [0.4, 0.5) is 5.69 Å². The molecule has 0 amide bonds. The average Bonchev–Trinajstić information content (AvgIpc) is 3.13. The van der Waals surface area contributed by atoms with Crippen molar-refractivity contribution in [3.63, 3.8) is 0 Å². The van der Waals surface area contributed by atoms with Gasteiger partial charge in [0.15, 0.2) is 16.6 Å². The monoisotopic (exact) mass is 364 g/mol. The Bertz CT molecular complexity index is 937. The second-order valence-electron chi connectivity index (χ2n) is 6.19. The molecule has 4 rings (SSSR count). The number of ether oxygens (including phenoxy) is 2. The molecule has 0 unspecified atom stereocenters. The van der Waals surface area contributed by atoms with Gasteiger partial charge >= 0.3 is 0 Å². The van der Waals surface area contributed by atoms with Crippen LogP contribution in [0.25, 0.3) is 10.8 Å². The van der Waals surface area contributed by atoms with Crippen LogP contribution in [0.5, 0.6) is 11.5 Å². The standard InChI is InChI=1S/C21H20N2O2S/c26-21(23-17-10-11-19-20(13-17)25-14-24-19)22-12-4-8-16-7-3-6-15-5-1-2-9-18(15)16/h1-3,5-7,9-11,13H,4,8,12,14H2,(H2,22,23,26). The molecule has 132 valence electrons. The number of hydrogen-bond acceptors (Lipinski definition) is 3. The Morgan fingerprint density at radius 1 is 0.962 bits per heavy atom. The summed E-state index contributed by atoms with van der Waals surface area (Å²) in [5, 5.41) is 9.68. The molecule has 2 N–H and O–H groups in total. The van der Waals surface area contributed by atoms with Gasteiger partial charge in [-0.3, -0.25) is 0 Å². The minimum atomic E-state index is 0.273. The van der Waals surface area contributed by atoms with Crippen molar-refractivity contribution in [2.75, 3.05) is 18.7 Å². The van der Waals surface area contributed by atoms with Crippen LogP contribution in [-0.4, -0.2) is 18.5 Å². The van der Waals surface area contributed by atoms with E-state index < -0.39 is 0 Å². The molecule has 0 spiro atoms. The highest BCUT2D eigenvalue weighted by Gasteiger charge is 2.13. The summed E-state index contributed by atoms with van der Waals surface area (Å²) >= 11 is 5.38. The summed E-state index contributed by atoms with van der Waals surface area (Å²) in [6.07, 6.45) is 2.03. The maximum Gasteiger partial charge on any atom is 0.231 e. The van der Waals surface area contributed by atoms with Gasteiger partial charge in [-0.05, 0) is 53.5 Å². The zero-order chi connectivity index (χ0) is 17.8. The predicted molar refractivity (Wildman–Crippen MR) is 109 cm³/mol. The van der Waals surface area contributed by atoms with E-state index in [0.717, 1.165) is 36.6 Å². The van der Waals surface area contributed by atoms with Crippen LogP contribution >= 0.6 is 12.2 Å². The largest absolute Gasteiger partial charge is 0.454 e. The van der Waals surface area contributed by atoms with Crippen LogP contribution in [0.2, 0.25) is 0 Å². The van der Waals surface area contributed by atoms with Crippen LogP contribution in [0.1, 0.15) is 12.0 Å². The minimum absolute atomic E-state index is 0.273. The van der Waals surface area contributed by atoms with Gasteiger partial charge in [-0.2, -0.15) is 0 Å². The molecule has 0 fully saturated rings. The zero-order valence-electron chi connectivity index (χ0n) is 14.3. The fraction of sp³-hybridized carbons (Fsp3) is 0.190. The smallest absolute Gasteiger partial charge is 0.231 e. The molecule has 3 aromatic carbocycles. The molecule has 0 aliphatic carbocycles. The molecule has 0 aromatic heterocycles. The second kappa shape index (κ2) is 7.62. The third-order valence-electron chi connectivity index (χ3n) is 4.42. The van der Waals surface area contributed by atoms with Crippen LogP contribution in [0.3, 0.4) is 0 Å². The Morgan fingerprint density at radius 2 is 1.81 bits per heavy atom. The SMILES string of the molecule is S=C(NCCCc1cccc2ccccc12)Nc1ccc2c(c1)OCO2. The van der Waals surface area contributed by atoms with Crippen molar-refractivity contribution in [2.24, 2.45) is 0 Å². The van der Waals surface area contributed by atoms with Gasteiger partial charge in [-0.1, -0.05) is 42.5 Å². The summed E-state index contributed by atoms with van der Waals surface area (Å²) in [5.41, 5.74) is 2.26. The highest BCUT2D eigenvalue weighted by atomic mass is 32.1. The first-order valence-corrected chi connectivity index (χ1v) is 9.11. The normalized spacial score (nSPS) is 12.2. The Hall–Kier alpha value is -2.79. The van der Waals surface area contributed by atoms with E-state index in [1.807, 2.05) is 18.2 Å².